The molecule has 0 aliphatic carbocycles. The van der Waals surface area contributed by atoms with E-state index in [4.69, 9.17) is 4.74 Å². The lowest BCUT2D eigenvalue weighted by Crippen LogP contribution is -1.94. The number of benzene rings is 2. The van der Waals surface area contributed by atoms with Crippen LogP contribution in [0, 0.1) is 6.07 Å². The maximum atomic E-state index is 5.69. The van der Waals surface area contributed by atoms with Crippen molar-refractivity contribution in [2.24, 2.45) is 0 Å². The second kappa shape index (κ2) is 6.55. The molecule has 2 aromatic carbocycles. The van der Waals surface area contributed by atoms with Gasteiger partial charge in [0.15, 0.2) is 0 Å². The molecule has 0 atom stereocenters. The number of hydrogen-bond acceptors (Lipinski definition) is 3. The van der Waals surface area contributed by atoms with E-state index >= 15 is 0 Å². The maximum absolute atomic E-state index is 5.69. The lowest BCUT2D eigenvalue weighted by Gasteiger charge is -2.05. The molecule has 0 saturated heterocycles. The summed E-state index contributed by atoms with van der Waals surface area (Å²) in [4.78, 5) is 5.64. The second-order valence-corrected chi connectivity index (χ2v) is 5.71. The Bertz CT molecular complexity index is 706. The van der Waals surface area contributed by atoms with Gasteiger partial charge in [0.25, 0.3) is 0 Å². The van der Waals surface area contributed by atoms with Crippen LogP contribution >= 0.6 is 11.3 Å². The molecule has 0 saturated carbocycles. The maximum Gasteiger partial charge on any atom is 0.124 e. The van der Waals surface area contributed by atoms with E-state index in [1.54, 1.807) is 11.3 Å². The van der Waals surface area contributed by atoms with Crippen LogP contribution in [0.2, 0.25) is 0 Å². The Hall–Kier alpha value is -2.13. The summed E-state index contributed by atoms with van der Waals surface area (Å²) in [5, 5.41) is 0.991. The number of hydrogen-bond donors (Lipinski definition) is 0. The summed E-state index contributed by atoms with van der Waals surface area (Å²) in [6, 6.07) is 19.3. The van der Waals surface area contributed by atoms with Gasteiger partial charge < -0.3 is 4.74 Å². The van der Waals surface area contributed by atoms with Crippen molar-refractivity contribution in [3.05, 3.63) is 60.8 Å². The van der Waals surface area contributed by atoms with E-state index in [9.17, 15) is 0 Å². The molecule has 0 aliphatic heterocycles. The molecule has 0 bridgehead atoms. The van der Waals surface area contributed by atoms with E-state index in [1.807, 2.05) is 42.6 Å². The van der Waals surface area contributed by atoms with E-state index in [0.29, 0.717) is 0 Å². The first kappa shape index (κ1) is 13.8. The van der Waals surface area contributed by atoms with Crippen molar-refractivity contribution in [2.75, 3.05) is 6.61 Å². The van der Waals surface area contributed by atoms with Gasteiger partial charge in [0, 0.05) is 11.8 Å². The number of ether oxygens (including phenoxy) is 1. The van der Waals surface area contributed by atoms with Gasteiger partial charge in [0.2, 0.25) is 0 Å². The van der Waals surface area contributed by atoms with Crippen LogP contribution in [-0.2, 0) is 0 Å². The Balaban J connectivity index is 1.86. The number of nitrogens with zero attached hydrogens (tertiary/aromatic N) is 1. The molecule has 1 radical (unpaired) electrons. The predicted molar refractivity (Wildman–Crippen MR) is 87.6 cm³/mol. The van der Waals surface area contributed by atoms with Gasteiger partial charge in [-0.25, -0.2) is 4.98 Å². The van der Waals surface area contributed by atoms with Crippen molar-refractivity contribution in [1.29, 1.82) is 0 Å². The Labute approximate surface area is 129 Å². The normalized spacial score (nSPS) is 10.5. The summed E-state index contributed by atoms with van der Waals surface area (Å²) >= 11 is 1.67. The van der Waals surface area contributed by atoms with Gasteiger partial charge in [-0.2, -0.15) is 0 Å². The molecular weight excluding hydrogens is 278 g/mol. The summed E-state index contributed by atoms with van der Waals surface area (Å²) in [6.45, 7) is 2.85. The first-order chi connectivity index (χ1) is 10.4. The fourth-order valence-corrected chi connectivity index (χ4v) is 2.92. The van der Waals surface area contributed by atoms with Crippen LogP contribution in [0.5, 0.6) is 5.75 Å². The van der Waals surface area contributed by atoms with E-state index in [1.165, 1.54) is 0 Å². The van der Waals surface area contributed by atoms with Crippen molar-refractivity contribution in [1.82, 2.24) is 4.98 Å². The molecule has 1 heterocycles. The minimum absolute atomic E-state index is 0.746. The predicted octanol–water partition coefficient (Wildman–Crippen LogP) is 5.07. The van der Waals surface area contributed by atoms with Crippen LogP contribution in [-0.4, -0.2) is 11.6 Å². The van der Waals surface area contributed by atoms with Crippen LogP contribution in [0.4, 0.5) is 0 Å². The third kappa shape index (κ3) is 3.31. The Morgan fingerprint density at radius 2 is 2.14 bits per heavy atom. The number of thiazole rings is 1. The third-order valence-corrected chi connectivity index (χ3v) is 4.12. The van der Waals surface area contributed by atoms with Crippen molar-refractivity contribution in [3.8, 4) is 26.8 Å². The molecule has 2 nitrogen and oxygen atoms in total. The van der Waals surface area contributed by atoms with Gasteiger partial charge in [-0.15, -0.1) is 11.3 Å². The highest BCUT2D eigenvalue weighted by molar-refractivity contribution is 7.18. The highest BCUT2D eigenvalue weighted by Crippen LogP contribution is 2.33. The van der Waals surface area contributed by atoms with Crippen molar-refractivity contribution >= 4 is 11.3 Å². The van der Waals surface area contributed by atoms with Gasteiger partial charge in [-0.05, 0) is 30.2 Å². The van der Waals surface area contributed by atoms with E-state index in [-0.39, 0.29) is 0 Å². The third-order valence-electron chi connectivity index (χ3n) is 3.04. The molecule has 105 valence electrons. The molecule has 3 heteroatoms. The molecule has 21 heavy (non-hydrogen) atoms. The van der Waals surface area contributed by atoms with Crippen LogP contribution in [0.1, 0.15) is 13.3 Å². The highest BCUT2D eigenvalue weighted by atomic mass is 32.1. The average molecular weight is 294 g/mol. The topological polar surface area (TPSA) is 22.1 Å². The molecule has 0 spiro atoms. The van der Waals surface area contributed by atoms with Crippen LogP contribution in [0.3, 0.4) is 0 Å². The molecule has 0 fully saturated rings. The standard InChI is InChI=1S/C18H16NOS/c1-2-11-20-16-10-6-9-15(12-16)17-13-19-18(21-17)14-7-4-3-5-8-14/h3-7,9-10,12-13H,2,11H2,1H3. The van der Waals surface area contributed by atoms with Crippen molar-refractivity contribution in [2.45, 2.75) is 13.3 Å². The van der Waals surface area contributed by atoms with Crippen molar-refractivity contribution < 1.29 is 4.74 Å². The Morgan fingerprint density at radius 3 is 2.95 bits per heavy atom. The van der Waals surface area contributed by atoms with Crippen LogP contribution < -0.4 is 4.74 Å². The zero-order chi connectivity index (χ0) is 14.5. The zero-order valence-corrected chi connectivity index (χ0v) is 12.7. The molecule has 0 aliphatic rings. The summed E-state index contributed by atoms with van der Waals surface area (Å²) < 4.78 is 5.69. The fraction of sp³-hybridized carbons (Fsp3) is 0.167. The second-order valence-electron chi connectivity index (χ2n) is 4.68. The molecule has 1 aromatic heterocycles. The summed E-state index contributed by atoms with van der Waals surface area (Å²) in [6.07, 6.45) is 2.93. The van der Waals surface area contributed by atoms with E-state index < -0.39 is 0 Å². The fourth-order valence-electron chi connectivity index (χ4n) is 2.02. The van der Waals surface area contributed by atoms with E-state index in [0.717, 1.165) is 39.8 Å². The van der Waals surface area contributed by atoms with Crippen molar-refractivity contribution in [3.63, 3.8) is 0 Å². The molecular formula is C18H16NOS. The minimum atomic E-state index is 0.746. The molecule has 0 amide bonds. The summed E-state index contributed by atoms with van der Waals surface area (Å²) in [5.74, 6) is 0.913. The van der Waals surface area contributed by atoms with E-state index in [2.05, 4.69) is 30.1 Å². The first-order valence-corrected chi connectivity index (χ1v) is 7.84. The number of aromatic nitrogens is 1. The molecule has 3 rings (SSSR count). The average Bonchev–Trinajstić information content (AvgIpc) is 3.04. The zero-order valence-electron chi connectivity index (χ0n) is 11.9. The summed E-state index contributed by atoms with van der Waals surface area (Å²) in [5.41, 5.74) is 2.18. The van der Waals surface area contributed by atoms with Gasteiger partial charge >= 0.3 is 0 Å². The van der Waals surface area contributed by atoms with Gasteiger partial charge in [0.1, 0.15) is 10.8 Å². The van der Waals surface area contributed by atoms with Gasteiger partial charge in [-0.3, -0.25) is 0 Å². The minimum Gasteiger partial charge on any atom is -0.494 e. The first-order valence-electron chi connectivity index (χ1n) is 7.03. The lowest BCUT2D eigenvalue weighted by atomic mass is 10.2. The monoisotopic (exact) mass is 294 g/mol. The summed E-state index contributed by atoms with van der Waals surface area (Å²) in [7, 11) is 0. The van der Waals surface area contributed by atoms with Crippen LogP contribution in [0.15, 0.2) is 54.7 Å². The molecule has 0 N–H and O–H groups in total. The Morgan fingerprint density at radius 1 is 1.19 bits per heavy atom. The SMILES string of the molecule is CCCOc1cccc(-c2cnc(-c3[c]cccc3)s2)c1. The smallest absolute Gasteiger partial charge is 0.124 e. The largest absolute Gasteiger partial charge is 0.494 e. The van der Waals surface area contributed by atoms with Gasteiger partial charge in [-0.1, -0.05) is 43.3 Å². The quantitative estimate of drug-likeness (QED) is 0.655. The molecule has 3 aromatic rings. The number of rotatable bonds is 5. The lowest BCUT2D eigenvalue weighted by molar-refractivity contribution is 0.317. The van der Waals surface area contributed by atoms with Gasteiger partial charge in [0.05, 0.1) is 11.5 Å². The Kier molecular flexibility index (Phi) is 4.31. The van der Waals surface area contributed by atoms with Crippen LogP contribution in [0.25, 0.3) is 21.0 Å². The highest BCUT2D eigenvalue weighted by Gasteiger charge is 2.07. The molecule has 0 unspecified atom stereocenters.